The molecule has 0 unspecified atom stereocenters. The standard InChI is InChI=1S/C55H54N2O10/c1-6-43(58)35-49-56-50(59)33-34-57(49)53-51(60)52(67-55(38-15-11-8-12-16-38,41-21-29-46(63-4)30-22-41)42-23-31-47(64-5)32-24-42)48(66-53)36-65-54(37-13-9-7-10-14-37,39-17-25-44(61-2)26-18-39)40-19-27-45(62-3)28-20-40/h7-35,48,51-53,58,60H,6,36H2,1-5H3/b43-35+/t48-,51+,52-,53-/m1/s1. The van der Waals surface area contributed by atoms with Gasteiger partial charge in [0.2, 0.25) is 0 Å². The second-order valence-electron chi connectivity index (χ2n) is 16.0. The van der Waals surface area contributed by atoms with E-state index in [4.69, 9.17) is 33.2 Å². The predicted molar refractivity (Wildman–Crippen MR) is 255 cm³/mol. The number of aromatic nitrogens is 2. The highest BCUT2D eigenvalue weighted by atomic mass is 16.6. The molecular formula is C55H54N2O10. The first-order chi connectivity index (χ1) is 32.7. The minimum Gasteiger partial charge on any atom is -0.512 e. The molecule has 1 saturated heterocycles. The molecule has 0 saturated carbocycles. The quantitative estimate of drug-likeness (QED) is 0.0630. The van der Waals surface area contributed by atoms with Crippen LogP contribution in [0, 0.1) is 0 Å². The molecule has 4 atom stereocenters. The Balaban J connectivity index is 1.34. The number of hydrogen-bond donors (Lipinski definition) is 2. The Morgan fingerprint density at radius 2 is 1.01 bits per heavy atom. The monoisotopic (exact) mass is 902 g/mol. The van der Waals surface area contributed by atoms with Crippen LogP contribution in [0.25, 0.3) is 6.08 Å². The zero-order valence-corrected chi connectivity index (χ0v) is 38.0. The van der Waals surface area contributed by atoms with Crippen molar-refractivity contribution in [1.82, 2.24) is 9.55 Å². The van der Waals surface area contributed by atoms with Gasteiger partial charge in [0.05, 0.1) is 40.8 Å². The molecule has 344 valence electrons. The Morgan fingerprint density at radius 1 is 0.612 bits per heavy atom. The number of rotatable bonds is 18. The lowest BCUT2D eigenvalue weighted by molar-refractivity contribution is -0.131. The number of allylic oxidation sites excluding steroid dienone is 1. The Labute approximate surface area is 390 Å². The molecule has 7 aromatic rings. The first-order valence-electron chi connectivity index (χ1n) is 22.0. The minimum atomic E-state index is -1.42. The molecule has 0 spiro atoms. The molecule has 1 aromatic heterocycles. The molecule has 1 aliphatic heterocycles. The highest BCUT2D eigenvalue weighted by Crippen LogP contribution is 2.48. The zero-order valence-electron chi connectivity index (χ0n) is 38.0. The van der Waals surface area contributed by atoms with E-state index in [1.807, 2.05) is 158 Å². The van der Waals surface area contributed by atoms with Crippen LogP contribution in [0.1, 0.15) is 58.8 Å². The van der Waals surface area contributed by atoms with E-state index >= 15 is 0 Å². The van der Waals surface area contributed by atoms with Gasteiger partial charge < -0.3 is 47.9 Å². The number of benzene rings is 6. The van der Waals surface area contributed by atoms with E-state index in [1.165, 1.54) is 22.9 Å². The first kappa shape index (κ1) is 46.3. The van der Waals surface area contributed by atoms with Crippen molar-refractivity contribution in [1.29, 1.82) is 0 Å². The summed E-state index contributed by atoms with van der Waals surface area (Å²) in [6, 6.07) is 51.6. The molecule has 67 heavy (non-hydrogen) atoms. The highest BCUT2D eigenvalue weighted by molar-refractivity contribution is 5.52. The molecule has 12 heteroatoms. The first-order valence-corrected chi connectivity index (χ1v) is 22.0. The SMILES string of the molecule is CC/C(O)=C\c1nc(=O)ccn1[C@@H]1O[C@H](COC(c2ccccc2)(c2ccc(OC)cc2)c2ccc(OC)cc2)[C@@H](OC(c2ccccc2)(c2ccc(OC)cc2)c2ccc(OC)cc2)[C@@H]1O. The number of aliphatic hydroxyl groups is 2. The van der Waals surface area contributed by atoms with Crippen LogP contribution in [0.15, 0.2) is 181 Å². The average Bonchev–Trinajstić information content (AvgIpc) is 3.69. The number of methoxy groups -OCH3 is 4. The van der Waals surface area contributed by atoms with Crippen molar-refractivity contribution in [2.24, 2.45) is 0 Å². The topological polar surface area (TPSA) is 140 Å². The summed E-state index contributed by atoms with van der Waals surface area (Å²) >= 11 is 0. The Morgan fingerprint density at radius 3 is 1.43 bits per heavy atom. The van der Waals surface area contributed by atoms with E-state index in [0.29, 0.717) is 23.0 Å². The summed E-state index contributed by atoms with van der Waals surface area (Å²) in [4.78, 5) is 17.0. The number of ether oxygens (including phenoxy) is 7. The maximum atomic E-state index is 12.9. The molecule has 0 bridgehead atoms. The molecule has 0 aliphatic carbocycles. The third-order valence-electron chi connectivity index (χ3n) is 12.2. The third kappa shape index (κ3) is 9.30. The third-order valence-corrected chi connectivity index (χ3v) is 12.2. The van der Waals surface area contributed by atoms with E-state index in [9.17, 15) is 15.0 Å². The number of nitrogens with zero attached hydrogens (tertiary/aromatic N) is 2. The van der Waals surface area contributed by atoms with Crippen LogP contribution in [0.5, 0.6) is 23.0 Å². The van der Waals surface area contributed by atoms with Crippen molar-refractivity contribution in [3.05, 3.63) is 225 Å². The molecule has 2 heterocycles. The molecular weight excluding hydrogens is 849 g/mol. The number of aliphatic hydroxyl groups excluding tert-OH is 2. The van der Waals surface area contributed by atoms with Crippen molar-refractivity contribution in [3.63, 3.8) is 0 Å². The molecule has 12 nitrogen and oxygen atoms in total. The smallest absolute Gasteiger partial charge is 0.273 e. The van der Waals surface area contributed by atoms with Gasteiger partial charge in [-0.15, -0.1) is 0 Å². The van der Waals surface area contributed by atoms with Gasteiger partial charge in [-0.25, -0.2) is 0 Å². The fourth-order valence-electron chi connectivity index (χ4n) is 8.74. The van der Waals surface area contributed by atoms with Crippen LogP contribution in [-0.2, 0) is 25.4 Å². The van der Waals surface area contributed by atoms with E-state index in [2.05, 4.69) is 4.98 Å². The van der Waals surface area contributed by atoms with Crippen LogP contribution in [0.3, 0.4) is 0 Å². The predicted octanol–water partition coefficient (Wildman–Crippen LogP) is 9.23. The molecule has 0 amide bonds. The summed E-state index contributed by atoms with van der Waals surface area (Å²) in [6.45, 7) is 1.64. The van der Waals surface area contributed by atoms with E-state index < -0.39 is 41.3 Å². The molecule has 1 fully saturated rings. The Kier molecular flexibility index (Phi) is 14.2. The van der Waals surface area contributed by atoms with Crippen LogP contribution >= 0.6 is 0 Å². The van der Waals surface area contributed by atoms with Crippen LogP contribution < -0.4 is 24.5 Å². The van der Waals surface area contributed by atoms with Gasteiger partial charge in [-0.3, -0.25) is 4.79 Å². The van der Waals surface area contributed by atoms with Crippen LogP contribution in [-0.4, -0.2) is 73.1 Å². The van der Waals surface area contributed by atoms with E-state index in [1.54, 1.807) is 35.4 Å². The van der Waals surface area contributed by atoms with Crippen LogP contribution in [0.2, 0.25) is 0 Å². The van der Waals surface area contributed by atoms with Crippen molar-refractivity contribution >= 4 is 6.08 Å². The van der Waals surface area contributed by atoms with Gasteiger partial charge in [0, 0.05) is 24.8 Å². The van der Waals surface area contributed by atoms with Gasteiger partial charge in [-0.2, -0.15) is 4.98 Å². The fraction of sp³-hybridized carbons (Fsp3) is 0.236. The Hall–Kier alpha value is -7.22. The van der Waals surface area contributed by atoms with Crippen molar-refractivity contribution in [2.75, 3.05) is 35.0 Å². The van der Waals surface area contributed by atoms with Crippen molar-refractivity contribution in [2.45, 2.75) is 49.1 Å². The summed E-state index contributed by atoms with van der Waals surface area (Å²) in [5.74, 6) is 2.70. The summed E-state index contributed by atoms with van der Waals surface area (Å²) in [6.07, 6.45) is -1.58. The summed E-state index contributed by atoms with van der Waals surface area (Å²) in [7, 11) is 6.46. The molecule has 0 radical (unpaired) electrons. The lowest BCUT2D eigenvalue weighted by atomic mass is 9.79. The maximum Gasteiger partial charge on any atom is 0.273 e. The van der Waals surface area contributed by atoms with Gasteiger partial charge in [-0.1, -0.05) is 116 Å². The maximum absolute atomic E-state index is 12.9. The summed E-state index contributed by atoms with van der Waals surface area (Å²) in [5.41, 5.74) is 1.44. The van der Waals surface area contributed by atoms with Gasteiger partial charge in [0.15, 0.2) is 6.23 Å². The zero-order chi connectivity index (χ0) is 47.0. The lowest BCUT2D eigenvalue weighted by Gasteiger charge is -2.41. The molecule has 1 aliphatic rings. The van der Waals surface area contributed by atoms with E-state index in [0.717, 1.165) is 33.4 Å². The van der Waals surface area contributed by atoms with Gasteiger partial charge in [0.1, 0.15) is 58.3 Å². The normalized spacial score (nSPS) is 17.5. The van der Waals surface area contributed by atoms with Crippen molar-refractivity contribution < 1.29 is 43.4 Å². The minimum absolute atomic E-state index is 0.0132. The molecule has 6 aromatic carbocycles. The summed E-state index contributed by atoms with van der Waals surface area (Å²) in [5, 5.41) is 23.7. The largest absolute Gasteiger partial charge is 0.512 e. The van der Waals surface area contributed by atoms with Gasteiger partial charge in [0.25, 0.3) is 5.56 Å². The van der Waals surface area contributed by atoms with Crippen molar-refractivity contribution in [3.8, 4) is 23.0 Å². The molecule has 2 N–H and O–H groups in total. The van der Waals surface area contributed by atoms with Gasteiger partial charge >= 0.3 is 0 Å². The lowest BCUT2D eigenvalue weighted by Crippen LogP contribution is -2.46. The van der Waals surface area contributed by atoms with Gasteiger partial charge in [-0.05, 0) is 81.9 Å². The number of hydrogen-bond acceptors (Lipinski definition) is 11. The summed E-state index contributed by atoms with van der Waals surface area (Å²) < 4.78 is 46.0. The highest BCUT2D eigenvalue weighted by Gasteiger charge is 2.52. The second kappa shape index (κ2) is 20.5. The fourth-order valence-corrected chi connectivity index (χ4v) is 8.74. The average molecular weight is 903 g/mol. The van der Waals surface area contributed by atoms with E-state index in [-0.39, 0.29) is 24.6 Å². The second-order valence-corrected chi connectivity index (χ2v) is 16.0. The Bertz CT molecular complexity index is 2690. The van der Waals surface area contributed by atoms with Crippen LogP contribution in [0.4, 0.5) is 0 Å². The molecule has 8 rings (SSSR count).